The van der Waals surface area contributed by atoms with Crippen LogP contribution in [0.2, 0.25) is 0 Å². The summed E-state index contributed by atoms with van der Waals surface area (Å²) < 4.78 is 0. The maximum absolute atomic E-state index is 3.35. The van der Waals surface area contributed by atoms with Gasteiger partial charge in [0.25, 0.3) is 0 Å². The van der Waals surface area contributed by atoms with E-state index in [-0.39, 0.29) is 0 Å². The minimum atomic E-state index is 1.04. The van der Waals surface area contributed by atoms with Crippen LogP contribution in [-0.4, -0.2) is 26.2 Å². The Morgan fingerprint density at radius 2 is 1.15 bits per heavy atom. The number of hydrogen-bond acceptors (Lipinski definition) is 4. The molecule has 26 heavy (non-hydrogen) atoms. The van der Waals surface area contributed by atoms with E-state index in [1.165, 1.54) is 22.5 Å². The lowest BCUT2D eigenvalue weighted by Crippen LogP contribution is -2.46. The molecule has 0 amide bonds. The van der Waals surface area contributed by atoms with Crippen molar-refractivity contribution in [2.45, 2.75) is 0 Å². The molecule has 4 nitrogen and oxygen atoms in total. The normalized spacial score (nSPS) is 15.5. The van der Waals surface area contributed by atoms with Crippen LogP contribution in [0.5, 0.6) is 0 Å². The van der Waals surface area contributed by atoms with E-state index in [0.717, 1.165) is 37.6 Å². The average molecular weight is 342 g/mol. The molecular weight excluding hydrogens is 320 g/mol. The second-order valence-corrected chi connectivity index (χ2v) is 6.84. The largest absolute Gasteiger partial charge is 0.368 e. The van der Waals surface area contributed by atoms with Gasteiger partial charge in [0.2, 0.25) is 0 Å². The minimum absolute atomic E-state index is 1.04. The number of rotatable bonds is 2. The molecule has 1 saturated heterocycles. The average Bonchev–Trinajstić information content (AvgIpc) is 2.74. The molecule has 4 heteroatoms. The number of piperazine rings is 1. The molecule has 2 heterocycles. The lowest BCUT2D eigenvalue weighted by Gasteiger charge is -2.38. The van der Waals surface area contributed by atoms with Crippen LogP contribution < -0.4 is 20.7 Å². The van der Waals surface area contributed by atoms with Crippen molar-refractivity contribution < 1.29 is 0 Å². The molecule has 0 atom stereocenters. The highest BCUT2D eigenvalue weighted by molar-refractivity contribution is 5.91. The number of nitrogens with zero attached hydrogens (tertiary/aromatic N) is 2. The van der Waals surface area contributed by atoms with E-state index in [4.69, 9.17) is 0 Å². The van der Waals surface area contributed by atoms with Gasteiger partial charge in [0, 0.05) is 48.7 Å². The standard InChI is InChI=1S/C22H22N4/c1-2-6-17(7-3-1)25-12-14-26(15-13-25)18-10-11-20-19-8-4-5-9-21(19)23-24-22(20)16-18/h1-11,16,23-24H,12-15H2. The molecule has 2 aliphatic heterocycles. The van der Waals surface area contributed by atoms with Gasteiger partial charge in [-0.1, -0.05) is 42.5 Å². The third kappa shape index (κ3) is 2.64. The van der Waals surface area contributed by atoms with Crippen molar-refractivity contribution in [1.29, 1.82) is 0 Å². The van der Waals surface area contributed by atoms with Crippen LogP contribution >= 0.6 is 0 Å². The maximum Gasteiger partial charge on any atom is 0.0639 e. The lowest BCUT2D eigenvalue weighted by molar-refractivity contribution is 0.653. The SMILES string of the molecule is c1ccc(N2CCN(c3ccc4c(c3)NNc3ccccc3-4)CC2)cc1. The second kappa shape index (κ2) is 6.30. The van der Waals surface area contributed by atoms with Crippen molar-refractivity contribution in [3.8, 4) is 11.1 Å². The van der Waals surface area contributed by atoms with Gasteiger partial charge in [-0.3, -0.25) is 0 Å². The van der Waals surface area contributed by atoms with Crippen molar-refractivity contribution in [3.05, 3.63) is 72.8 Å². The highest BCUT2D eigenvalue weighted by Crippen LogP contribution is 2.39. The zero-order chi connectivity index (χ0) is 17.3. The Morgan fingerprint density at radius 3 is 1.96 bits per heavy atom. The van der Waals surface area contributed by atoms with E-state index < -0.39 is 0 Å². The smallest absolute Gasteiger partial charge is 0.0639 e. The quantitative estimate of drug-likeness (QED) is 0.721. The van der Waals surface area contributed by atoms with E-state index in [1.807, 2.05) is 0 Å². The Hall–Kier alpha value is -3.14. The monoisotopic (exact) mass is 342 g/mol. The van der Waals surface area contributed by atoms with Gasteiger partial charge in [-0.15, -0.1) is 0 Å². The Bertz CT molecular complexity index is 914. The van der Waals surface area contributed by atoms with Crippen LogP contribution in [0.15, 0.2) is 72.8 Å². The fraction of sp³-hybridized carbons (Fsp3) is 0.182. The molecule has 2 aliphatic rings. The van der Waals surface area contributed by atoms with Crippen LogP contribution in [0.25, 0.3) is 11.1 Å². The lowest BCUT2D eigenvalue weighted by atomic mass is 9.99. The highest BCUT2D eigenvalue weighted by Gasteiger charge is 2.20. The van der Waals surface area contributed by atoms with E-state index in [1.54, 1.807) is 0 Å². The minimum Gasteiger partial charge on any atom is -0.368 e. The number of para-hydroxylation sites is 2. The van der Waals surface area contributed by atoms with Gasteiger partial charge >= 0.3 is 0 Å². The van der Waals surface area contributed by atoms with E-state index in [9.17, 15) is 0 Å². The Balaban J connectivity index is 1.35. The molecule has 0 saturated carbocycles. The van der Waals surface area contributed by atoms with E-state index in [2.05, 4.69) is 93.4 Å². The van der Waals surface area contributed by atoms with Gasteiger partial charge in [0.15, 0.2) is 0 Å². The Morgan fingerprint density at radius 1 is 0.538 bits per heavy atom. The molecule has 0 radical (unpaired) electrons. The summed E-state index contributed by atoms with van der Waals surface area (Å²) in [6.45, 7) is 4.18. The summed E-state index contributed by atoms with van der Waals surface area (Å²) in [5.74, 6) is 0. The summed E-state index contributed by atoms with van der Waals surface area (Å²) in [6, 6.07) is 25.9. The van der Waals surface area contributed by atoms with Gasteiger partial charge in [-0.05, 0) is 30.3 Å². The Labute approximate surface area is 154 Å². The summed E-state index contributed by atoms with van der Waals surface area (Å²) in [4.78, 5) is 4.94. The molecular formula is C22H22N4. The number of hydrogen-bond donors (Lipinski definition) is 2. The van der Waals surface area contributed by atoms with Crippen LogP contribution in [0.4, 0.5) is 22.7 Å². The summed E-state index contributed by atoms with van der Waals surface area (Å²) >= 11 is 0. The number of nitrogens with one attached hydrogen (secondary N) is 2. The second-order valence-electron chi connectivity index (χ2n) is 6.84. The fourth-order valence-corrected chi connectivity index (χ4v) is 3.89. The fourth-order valence-electron chi connectivity index (χ4n) is 3.89. The van der Waals surface area contributed by atoms with Crippen molar-refractivity contribution in [2.75, 3.05) is 46.8 Å². The first-order valence-corrected chi connectivity index (χ1v) is 9.19. The highest BCUT2D eigenvalue weighted by atomic mass is 15.4. The molecule has 5 rings (SSSR count). The van der Waals surface area contributed by atoms with Crippen LogP contribution in [-0.2, 0) is 0 Å². The Kier molecular flexibility index (Phi) is 3.67. The van der Waals surface area contributed by atoms with Crippen molar-refractivity contribution in [3.63, 3.8) is 0 Å². The van der Waals surface area contributed by atoms with Gasteiger partial charge in [0.1, 0.15) is 0 Å². The number of hydrazine groups is 1. The summed E-state index contributed by atoms with van der Waals surface area (Å²) in [5.41, 5.74) is 14.0. The number of fused-ring (bicyclic) bond motifs is 3. The third-order valence-corrected chi connectivity index (χ3v) is 5.32. The molecule has 0 bridgehead atoms. The van der Waals surface area contributed by atoms with Crippen molar-refractivity contribution >= 4 is 22.7 Å². The molecule has 3 aromatic carbocycles. The topological polar surface area (TPSA) is 30.5 Å². The van der Waals surface area contributed by atoms with Gasteiger partial charge < -0.3 is 20.7 Å². The zero-order valence-electron chi connectivity index (χ0n) is 14.7. The van der Waals surface area contributed by atoms with Gasteiger partial charge in [-0.2, -0.15) is 0 Å². The zero-order valence-corrected chi connectivity index (χ0v) is 14.7. The molecule has 3 aromatic rings. The number of benzene rings is 3. The summed E-state index contributed by atoms with van der Waals surface area (Å²) in [7, 11) is 0. The van der Waals surface area contributed by atoms with Crippen LogP contribution in [0.1, 0.15) is 0 Å². The molecule has 0 aromatic heterocycles. The first kappa shape index (κ1) is 15.1. The summed E-state index contributed by atoms with van der Waals surface area (Å²) in [5, 5.41) is 0. The van der Waals surface area contributed by atoms with Crippen LogP contribution in [0.3, 0.4) is 0 Å². The molecule has 1 fully saturated rings. The maximum atomic E-state index is 3.35. The predicted molar refractivity (Wildman–Crippen MR) is 110 cm³/mol. The summed E-state index contributed by atoms with van der Waals surface area (Å²) in [6.07, 6.45) is 0. The van der Waals surface area contributed by atoms with E-state index in [0.29, 0.717) is 0 Å². The van der Waals surface area contributed by atoms with Gasteiger partial charge in [-0.25, -0.2) is 0 Å². The van der Waals surface area contributed by atoms with Crippen LogP contribution in [0, 0.1) is 0 Å². The predicted octanol–water partition coefficient (Wildman–Crippen LogP) is 4.43. The first-order chi connectivity index (χ1) is 12.9. The molecule has 0 unspecified atom stereocenters. The molecule has 130 valence electrons. The molecule has 0 aliphatic carbocycles. The van der Waals surface area contributed by atoms with Crippen molar-refractivity contribution in [1.82, 2.24) is 0 Å². The molecule has 2 N–H and O–H groups in total. The van der Waals surface area contributed by atoms with E-state index >= 15 is 0 Å². The van der Waals surface area contributed by atoms with Crippen molar-refractivity contribution in [2.24, 2.45) is 0 Å². The number of anilines is 4. The van der Waals surface area contributed by atoms with Gasteiger partial charge in [0.05, 0.1) is 11.4 Å². The third-order valence-electron chi connectivity index (χ3n) is 5.32. The molecule has 0 spiro atoms. The first-order valence-electron chi connectivity index (χ1n) is 9.19.